The van der Waals surface area contributed by atoms with Gasteiger partial charge >= 0.3 is 6.09 Å². The van der Waals surface area contributed by atoms with Gasteiger partial charge < -0.3 is 10.5 Å². The number of nitrogens with two attached hydrogens (primary N) is 1. The zero-order valence-electron chi connectivity index (χ0n) is 7.51. The predicted octanol–water partition coefficient (Wildman–Crippen LogP) is 1.06. The third kappa shape index (κ3) is 2.74. The minimum Gasteiger partial charge on any atom is -0.451 e. The molecule has 0 aliphatic rings. The number of rotatable bonds is 1. The van der Waals surface area contributed by atoms with E-state index < -0.39 is 16.7 Å². The lowest BCUT2D eigenvalue weighted by molar-refractivity contribution is 0.183. The topological polar surface area (TPSA) is 81.8 Å². The van der Waals surface area contributed by atoms with E-state index in [9.17, 15) is 9.00 Å². The van der Waals surface area contributed by atoms with Crippen LogP contribution in [0.5, 0.6) is 0 Å². The Labute approximate surface area is 83.1 Å². The highest BCUT2D eigenvalue weighted by Crippen LogP contribution is 2.08. The predicted molar refractivity (Wildman–Crippen MR) is 53.5 cm³/mol. The van der Waals surface area contributed by atoms with Gasteiger partial charge in [0.05, 0.1) is 17.7 Å². The molecule has 6 heteroatoms. The van der Waals surface area contributed by atoms with Crippen molar-refractivity contribution in [2.24, 2.45) is 4.36 Å². The minimum atomic E-state index is -2.12. The number of anilines is 1. The van der Waals surface area contributed by atoms with Crippen molar-refractivity contribution in [2.75, 3.05) is 12.8 Å². The van der Waals surface area contributed by atoms with Gasteiger partial charge in [-0.25, -0.2) is 9.00 Å². The Morgan fingerprint density at radius 1 is 1.57 bits per heavy atom. The molecule has 0 spiro atoms. The van der Waals surface area contributed by atoms with Gasteiger partial charge in [0, 0.05) is 10.6 Å². The number of thiol groups is 1. The molecule has 0 radical (unpaired) electrons. The second-order valence-corrected chi connectivity index (χ2v) is 3.70. The molecule has 0 bridgehead atoms. The van der Waals surface area contributed by atoms with Crippen molar-refractivity contribution in [2.45, 2.75) is 4.90 Å². The normalized spacial score (nSPS) is 12.4. The van der Waals surface area contributed by atoms with E-state index in [-0.39, 0.29) is 0 Å². The van der Waals surface area contributed by atoms with Gasteiger partial charge in [-0.1, -0.05) is 6.07 Å². The average molecular weight is 214 g/mol. The molecule has 2 N–H and O–H groups in total. The van der Waals surface area contributed by atoms with Crippen LogP contribution < -0.4 is 5.73 Å². The quantitative estimate of drug-likeness (QED) is 0.541. The fraction of sp³-hybridized carbons (Fsp3) is 0.125. The molecule has 0 aliphatic heterocycles. The van der Waals surface area contributed by atoms with Crippen LogP contribution in [0.25, 0.3) is 0 Å². The Bertz CT molecular complexity index is 424. The van der Waals surface area contributed by atoms with Crippen LogP contribution in [0.1, 0.15) is 0 Å². The van der Waals surface area contributed by atoms with Gasteiger partial charge in [-0.3, -0.25) is 0 Å². The third-order valence-corrected chi connectivity index (χ3v) is 2.50. The molecule has 5 nitrogen and oxygen atoms in total. The summed E-state index contributed by atoms with van der Waals surface area (Å²) in [6.45, 7) is 0. The molecule has 1 rings (SSSR count). The fourth-order valence-corrected chi connectivity index (χ4v) is 1.64. The summed E-state index contributed by atoms with van der Waals surface area (Å²) < 4.78 is 18.9. The first-order chi connectivity index (χ1) is 6.63. The SMILES string of the molecule is COC(=O)/N=[SH](=O)/c1cccc(N)c1. The standard InChI is InChI=1S/C8H10N2O3S/c1-13-8(11)10-14(12)7-4-2-3-6(9)5-7/h2-5,14H,9H2,1H3. The van der Waals surface area contributed by atoms with Crippen molar-refractivity contribution in [1.29, 1.82) is 0 Å². The Morgan fingerprint density at radius 2 is 2.29 bits per heavy atom. The number of methoxy groups -OCH3 is 1. The number of benzene rings is 1. The Kier molecular flexibility index (Phi) is 3.47. The lowest BCUT2D eigenvalue weighted by Gasteiger charge is -1.95. The van der Waals surface area contributed by atoms with E-state index in [0.717, 1.165) is 0 Å². The summed E-state index contributed by atoms with van der Waals surface area (Å²) in [5, 5.41) is 0. The number of hydrogen-bond acceptors (Lipinski definition) is 4. The van der Waals surface area contributed by atoms with Crippen molar-refractivity contribution in [3.05, 3.63) is 24.3 Å². The van der Waals surface area contributed by atoms with E-state index in [1.807, 2.05) is 0 Å². The van der Waals surface area contributed by atoms with E-state index in [1.54, 1.807) is 18.2 Å². The summed E-state index contributed by atoms with van der Waals surface area (Å²) in [4.78, 5) is 11.1. The van der Waals surface area contributed by atoms with Crippen molar-refractivity contribution in [3.63, 3.8) is 0 Å². The van der Waals surface area contributed by atoms with E-state index in [1.165, 1.54) is 13.2 Å². The van der Waals surface area contributed by atoms with Gasteiger partial charge in [0.15, 0.2) is 0 Å². The minimum absolute atomic E-state index is 0.408. The summed E-state index contributed by atoms with van der Waals surface area (Å²) in [6.07, 6.45) is -0.853. The second-order valence-electron chi connectivity index (χ2n) is 2.44. The first kappa shape index (κ1) is 10.5. The number of amides is 1. The molecule has 0 aromatic heterocycles. The second kappa shape index (κ2) is 4.61. The number of carbonyl (C=O) groups is 1. The fourth-order valence-electron chi connectivity index (χ4n) is 0.816. The third-order valence-electron chi connectivity index (χ3n) is 1.44. The van der Waals surface area contributed by atoms with Crippen LogP contribution in [0.2, 0.25) is 0 Å². The van der Waals surface area contributed by atoms with Crippen molar-refractivity contribution in [3.8, 4) is 0 Å². The van der Waals surface area contributed by atoms with Crippen LogP contribution in [-0.4, -0.2) is 17.4 Å². The first-order valence-electron chi connectivity index (χ1n) is 3.76. The first-order valence-corrected chi connectivity index (χ1v) is 4.97. The summed E-state index contributed by atoms with van der Waals surface area (Å²) in [6, 6.07) is 6.39. The van der Waals surface area contributed by atoms with Crippen LogP contribution in [0.4, 0.5) is 10.5 Å². The summed E-state index contributed by atoms with van der Waals surface area (Å²) in [5.74, 6) is 0. The molecular weight excluding hydrogens is 204 g/mol. The molecule has 0 saturated carbocycles. The largest absolute Gasteiger partial charge is 0.451 e. The molecular formula is C8H10N2O3S. The molecule has 0 saturated heterocycles. The molecule has 0 fully saturated rings. The maximum absolute atomic E-state index is 11.4. The zero-order chi connectivity index (χ0) is 10.6. The van der Waals surface area contributed by atoms with Gasteiger partial charge in [0.2, 0.25) is 0 Å². The molecule has 1 aromatic carbocycles. The lowest BCUT2D eigenvalue weighted by Crippen LogP contribution is -1.94. The molecule has 14 heavy (non-hydrogen) atoms. The van der Waals surface area contributed by atoms with Gasteiger partial charge in [0.1, 0.15) is 0 Å². The number of nitrogens with zero attached hydrogens (tertiary/aromatic N) is 1. The van der Waals surface area contributed by atoms with Crippen LogP contribution in [-0.2, 0) is 15.3 Å². The Hall–Kier alpha value is -1.56. The summed E-state index contributed by atoms with van der Waals surface area (Å²) in [5.41, 5.74) is 5.95. The number of hydrogen-bond donors (Lipinski definition) is 2. The van der Waals surface area contributed by atoms with Crippen molar-refractivity contribution in [1.82, 2.24) is 0 Å². The monoisotopic (exact) mass is 214 g/mol. The van der Waals surface area contributed by atoms with Gasteiger partial charge in [-0.15, -0.1) is 4.36 Å². The highest BCUT2D eigenvalue weighted by atomic mass is 32.2. The Balaban J connectivity index is 3.01. The molecule has 1 aromatic rings. The highest BCUT2D eigenvalue weighted by molar-refractivity contribution is 7.75. The zero-order valence-corrected chi connectivity index (χ0v) is 8.40. The van der Waals surface area contributed by atoms with Crippen LogP contribution in [0, 0.1) is 0 Å². The van der Waals surface area contributed by atoms with Gasteiger partial charge in [-0.2, -0.15) is 0 Å². The smallest absolute Gasteiger partial charge is 0.441 e. The van der Waals surface area contributed by atoms with Gasteiger partial charge in [0.25, 0.3) is 0 Å². The molecule has 1 atom stereocenters. The number of nitrogen functional groups attached to an aromatic ring is 1. The number of carbonyl (C=O) groups excluding carboxylic acids is 1. The maximum Gasteiger partial charge on any atom is 0.441 e. The Morgan fingerprint density at radius 3 is 2.86 bits per heavy atom. The molecule has 0 aliphatic carbocycles. The van der Waals surface area contributed by atoms with Crippen LogP contribution >= 0.6 is 0 Å². The maximum atomic E-state index is 11.4. The summed E-state index contributed by atoms with van der Waals surface area (Å²) in [7, 11) is -0.942. The summed E-state index contributed by atoms with van der Waals surface area (Å²) >= 11 is 0. The average Bonchev–Trinajstić information content (AvgIpc) is 2.17. The molecule has 76 valence electrons. The lowest BCUT2D eigenvalue weighted by atomic mass is 10.3. The molecule has 1 unspecified atom stereocenters. The highest BCUT2D eigenvalue weighted by Gasteiger charge is 1.98. The van der Waals surface area contributed by atoms with E-state index >= 15 is 0 Å². The van der Waals surface area contributed by atoms with E-state index in [2.05, 4.69) is 9.10 Å². The van der Waals surface area contributed by atoms with Gasteiger partial charge in [-0.05, 0) is 18.2 Å². The number of ether oxygens (including phenoxy) is 1. The van der Waals surface area contributed by atoms with Crippen LogP contribution in [0.15, 0.2) is 33.5 Å². The van der Waals surface area contributed by atoms with Crippen molar-refractivity contribution < 1.29 is 13.7 Å². The van der Waals surface area contributed by atoms with E-state index in [4.69, 9.17) is 5.73 Å². The molecule has 0 heterocycles. The molecule has 1 amide bonds. The van der Waals surface area contributed by atoms with E-state index in [0.29, 0.717) is 10.6 Å². The van der Waals surface area contributed by atoms with Crippen molar-refractivity contribution >= 4 is 22.4 Å². The van der Waals surface area contributed by atoms with Crippen LogP contribution in [0.3, 0.4) is 0 Å².